The van der Waals surface area contributed by atoms with Crippen molar-refractivity contribution in [2.75, 3.05) is 26.2 Å². The SMILES string of the molecule is CCOC(=O)Oc1ccc(C(=O)NC2CCN(C(=O)CCCN3C(=O)c4ccccc4C3=O)CC2)cc1. The molecule has 2 aromatic rings. The Morgan fingerprint density at radius 3 is 2.16 bits per heavy atom. The van der Waals surface area contributed by atoms with Crippen LogP contribution in [0.25, 0.3) is 0 Å². The van der Waals surface area contributed by atoms with Gasteiger partial charge >= 0.3 is 6.16 Å². The molecule has 10 heteroatoms. The summed E-state index contributed by atoms with van der Waals surface area (Å²) in [6.45, 7) is 3.12. The van der Waals surface area contributed by atoms with Crippen molar-refractivity contribution in [3.63, 3.8) is 0 Å². The van der Waals surface area contributed by atoms with Gasteiger partial charge in [-0.05, 0) is 62.6 Å². The second-order valence-electron chi connectivity index (χ2n) is 8.85. The largest absolute Gasteiger partial charge is 0.513 e. The number of hydrogen-bond acceptors (Lipinski definition) is 7. The summed E-state index contributed by atoms with van der Waals surface area (Å²) in [6, 6.07) is 12.8. The Morgan fingerprint density at radius 2 is 1.57 bits per heavy atom. The summed E-state index contributed by atoms with van der Waals surface area (Å²) in [7, 11) is 0. The highest BCUT2D eigenvalue weighted by atomic mass is 16.7. The van der Waals surface area contributed by atoms with E-state index in [0.29, 0.717) is 49.0 Å². The zero-order chi connectivity index (χ0) is 26.4. The van der Waals surface area contributed by atoms with E-state index in [2.05, 4.69) is 5.32 Å². The van der Waals surface area contributed by atoms with Crippen LogP contribution in [0.2, 0.25) is 0 Å². The molecule has 4 amide bonds. The Kier molecular flexibility index (Phi) is 8.17. The van der Waals surface area contributed by atoms with E-state index in [1.807, 2.05) is 0 Å². The number of amides is 4. The minimum atomic E-state index is -0.801. The van der Waals surface area contributed by atoms with Crippen LogP contribution in [-0.4, -0.2) is 71.9 Å². The number of carbonyl (C=O) groups excluding carboxylic acids is 5. The summed E-state index contributed by atoms with van der Waals surface area (Å²) in [5.41, 5.74) is 1.25. The van der Waals surface area contributed by atoms with Crippen LogP contribution in [0.4, 0.5) is 4.79 Å². The minimum Gasteiger partial charge on any atom is -0.434 e. The maximum absolute atomic E-state index is 12.7. The van der Waals surface area contributed by atoms with Crippen molar-refractivity contribution in [1.29, 1.82) is 0 Å². The zero-order valence-corrected chi connectivity index (χ0v) is 20.6. The third-order valence-corrected chi connectivity index (χ3v) is 6.41. The molecule has 2 aliphatic rings. The second-order valence-corrected chi connectivity index (χ2v) is 8.85. The fourth-order valence-electron chi connectivity index (χ4n) is 4.45. The topological polar surface area (TPSA) is 122 Å². The van der Waals surface area contributed by atoms with Crippen LogP contribution >= 0.6 is 0 Å². The van der Waals surface area contributed by atoms with Gasteiger partial charge in [-0.15, -0.1) is 0 Å². The number of hydrogen-bond donors (Lipinski definition) is 1. The smallest absolute Gasteiger partial charge is 0.434 e. The molecule has 0 unspecified atom stereocenters. The van der Waals surface area contributed by atoms with Gasteiger partial charge in [0.15, 0.2) is 0 Å². The van der Waals surface area contributed by atoms with Crippen molar-refractivity contribution < 1.29 is 33.4 Å². The molecule has 37 heavy (non-hydrogen) atoms. The lowest BCUT2D eigenvalue weighted by atomic mass is 10.0. The molecule has 0 aromatic heterocycles. The number of nitrogens with one attached hydrogen (secondary N) is 1. The van der Waals surface area contributed by atoms with Crippen molar-refractivity contribution in [3.05, 3.63) is 65.2 Å². The Morgan fingerprint density at radius 1 is 0.946 bits per heavy atom. The third kappa shape index (κ3) is 6.14. The molecule has 0 aliphatic carbocycles. The first-order valence-corrected chi connectivity index (χ1v) is 12.4. The van der Waals surface area contributed by atoms with Crippen molar-refractivity contribution in [2.24, 2.45) is 0 Å². The van der Waals surface area contributed by atoms with Crippen LogP contribution in [0.5, 0.6) is 5.75 Å². The average molecular weight is 508 g/mol. The van der Waals surface area contributed by atoms with Gasteiger partial charge < -0.3 is 19.7 Å². The Hall–Kier alpha value is -4.21. The standard InChI is InChI=1S/C27H29N3O7/c1-2-36-27(35)37-20-11-9-18(10-12-20)24(32)28-19-13-16-29(17-14-19)23(31)8-5-15-30-25(33)21-6-3-4-7-22(21)26(30)34/h3-4,6-7,9-12,19H,2,5,8,13-17H2,1H3,(H,28,32). The summed E-state index contributed by atoms with van der Waals surface area (Å²) < 4.78 is 9.71. The highest BCUT2D eigenvalue weighted by molar-refractivity contribution is 6.21. The molecule has 1 fully saturated rings. The molecule has 0 radical (unpaired) electrons. The van der Waals surface area contributed by atoms with Gasteiger partial charge in [-0.2, -0.15) is 0 Å². The molecule has 0 bridgehead atoms. The maximum Gasteiger partial charge on any atom is 0.513 e. The number of likely N-dealkylation sites (tertiary alicyclic amines) is 1. The van der Waals surface area contributed by atoms with Crippen LogP contribution in [0.3, 0.4) is 0 Å². The highest BCUT2D eigenvalue weighted by Gasteiger charge is 2.34. The first kappa shape index (κ1) is 25.9. The summed E-state index contributed by atoms with van der Waals surface area (Å²) in [5.74, 6) is -0.617. The summed E-state index contributed by atoms with van der Waals surface area (Å²) in [6.07, 6.45) is 1.09. The first-order valence-electron chi connectivity index (χ1n) is 12.4. The highest BCUT2D eigenvalue weighted by Crippen LogP contribution is 2.23. The quantitative estimate of drug-likeness (QED) is 0.331. The molecular formula is C27H29N3O7. The fraction of sp³-hybridized carbons (Fsp3) is 0.370. The normalized spacial score (nSPS) is 15.4. The van der Waals surface area contributed by atoms with E-state index in [9.17, 15) is 24.0 Å². The van der Waals surface area contributed by atoms with Gasteiger partial charge in [0.1, 0.15) is 5.75 Å². The number of fused-ring (bicyclic) bond motifs is 1. The zero-order valence-electron chi connectivity index (χ0n) is 20.6. The lowest BCUT2D eigenvalue weighted by molar-refractivity contribution is -0.132. The van der Waals surface area contributed by atoms with Crippen LogP contribution in [0, 0.1) is 0 Å². The number of piperidine rings is 1. The minimum absolute atomic E-state index is 0.0291. The lowest BCUT2D eigenvalue weighted by Crippen LogP contribution is -2.46. The Balaban J connectivity index is 1.17. The molecule has 0 atom stereocenters. The van der Waals surface area contributed by atoms with Gasteiger partial charge in [0, 0.05) is 37.7 Å². The molecule has 4 rings (SSSR count). The summed E-state index contributed by atoms with van der Waals surface area (Å²) in [4.78, 5) is 64.5. The van der Waals surface area contributed by atoms with Gasteiger partial charge in [0.05, 0.1) is 17.7 Å². The molecule has 0 spiro atoms. The van der Waals surface area contributed by atoms with Crippen LogP contribution in [-0.2, 0) is 9.53 Å². The predicted octanol–water partition coefficient (Wildman–Crippen LogP) is 3.02. The lowest BCUT2D eigenvalue weighted by Gasteiger charge is -2.32. The number of benzene rings is 2. The molecule has 2 aliphatic heterocycles. The van der Waals surface area contributed by atoms with Crippen LogP contribution in [0.1, 0.15) is 63.7 Å². The van der Waals surface area contributed by atoms with E-state index in [-0.39, 0.29) is 55.0 Å². The van der Waals surface area contributed by atoms with Gasteiger partial charge in [-0.1, -0.05) is 12.1 Å². The number of rotatable bonds is 8. The van der Waals surface area contributed by atoms with E-state index < -0.39 is 6.16 Å². The van der Waals surface area contributed by atoms with Crippen LogP contribution in [0.15, 0.2) is 48.5 Å². The van der Waals surface area contributed by atoms with E-state index in [0.717, 1.165) is 0 Å². The fourth-order valence-corrected chi connectivity index (χ4v) is 4.45. The number of ether oxygens (including phenoxy) is 2. The van der Waals surface area contributed by atoms with E-state index in [4.69, 9.17) is 9.47 Å². The van der Waals surface area contributed by atoms with Gasteiger partial charge in [-0.25, -0.2) is 4.79 Å². The monoisotopic (exact) mass is 507 g/mol. The van der Waals surface area contributed by atoms with Crippen molar-refractivity contribution >= 4 is 29.8 Å². The molecular weight excluding hydrogens is 478 g/mol. The molecule has 194 valence electrons. The predicted molar refractivity (Wildman–Crippen MR) is 132 cm³/mol. The van der Waals surface area contributed by atoms with Crippen molar-refractivity contribution in [3.8, 4) is 5.75 Å². The molecule has 2 heterocycles. The second kappa shape index (κ2) is 11.7. The maximum atomic E-state index is 12.7. The average Bonchev–Trinajstić information content (AvgIpc) is 3.14. The summed E-state index contributed by atoms with van der Waals surface area (Å²) >= 11 is 0. The molecule has 1 N–H and O–H groups in total. The van der Waals surface area contributed by atoms with Gasteiger partial charge in [0.2, 0.25) is 5.91 Å². The van der Waals surface area contributed by atoms with Crippen molar-refractivity contribution in [1.82, 2.24) is 15.1 Å². The van der Waals surface area contributed by atoms with E-state index in [1.54, 1.807) is 48.2 Å². The number of carbonyl (C=O) groups is 5. The third-order valence-electron chi connectivity index (χ3n) is 6.41. The molecule has 2 aromatic carbocycles. The van der Waals surface area contributed by atoms with Gasteiger partial charge in [0.25, 0.3) is 17.7 Å². The molecule has 10 nitrogen and oxygen atoms in total. The van der Waals surface area contributed by atoms with Crippen LogP contribution < -0.4 is 10.1 Å². The molecule has 1 saturated heterocycles. The van der Waals surface area contributed by atoms with Crippen molar-refractivity contribution in [2.45, 2.75) is 38.6 Å². The summed E-state index contributed by atoms with van der Waals surface area (Å²) in [5, 5.41) is 2.98. The van der Waals surface area contributed by atoms with E-state index >= 15 is 0 Å². The first-order chi connectivity index (χ1) is 17.9. The molecule has 0 saturated carbocycles. The number of imide groups is 1. The Bertz CT molecular complexity index is 1150. The Labute approximate surface area is 214 Å². The number of nitrogens with zero attached hydrogens (tertiary/aromatic N) is 2. The van der Waals surface area contributed by atoms with E-state index in [1.165, 1.54) is 17.0 Å². The van der Waals surface area contributed by atoms with Gasteiger partial charge in [-0.3, -0.25) is 24.1 Å².